The minimum absolute atomic E-state index is 0.0390. The molecule has 0 spiro atoms. The zero-order chi connectivity index (χ0) is 19.2. The van der Waals surface area contributed by atoms with Gasteiger partial charge in [0, 0.05) is 50.3 Å². The van der Waals surface area contributed by atoms with E-state index in [4.69, 9.17) is 0 Å². The Morgan fingerprint density at radius 1 is 0.926 bits per heavy atom. The van der Waals surface area contributed by atoms with Crippen LogP contribution in [0.3, 0.4) is 0 Å². The summed E-state index contributed by atoms with van der Waals surface area (Å²) in [6.07, 6.45) is 6.10. The second kappa shape index (κ2) is 9.02. The van der Waals surface area contributed by atoms with Crippen molar-refractivity contribution in [1.82, 2.24) is 9.80 Å². The molecule has 2 aliphatic rings. The van der Waals surface area contributed by atoms with Gasteiger partial charge in [-0.05, 0) is 43.9 Å². The number of likely N-dealkylation sites (tertiary alicyclic amines) is 2. The Hall–Kier alpha value is -2.37. The fraction of sp³-hybridized carbons (Fsp3) is 0.571. The van der Waals surface area contributed by atoms with Crippen molar-refractivity contribution >= 4 is 23.4 Å². The molecule has 6 heteroatoms. The van der Waals surface area contributed by atoms with Crippen LogP contribution in [0, 0.1) is 5.92 Å². The van der Waals surface area contributed by atoms with Gasteiger partial charge in [-0.2, -0.15) is 0 Å². The number of rotatable bonds is 3. The fourth-order valence-corrected chi connectivity index (χ4v) is 3.99. The Bertz CT molecular complexity index is 688. The first-order valence-corrected chi connectivity index (χ1v) is 10.0. The van der Waals surface area contributed by atoms with Crippen molar-refractivity contribution in [3.05, 3.63) is 29.8 Å². The normalized spacial score (nSPS) is 18.7. The third-order valence-electron chi connectivity index (χ3n) is 5.48. The van der Waals surface area contributed by atoms with Gasteiger partial charge >= 0.3 is 0 Å². The van der Waals surface area contributed by atoms with Crippen LogP contribution in [0.2, 0.25) is 0 Å². The highest BCUT2D eigenvalue weighted by molar-refractivity contribution is 5.97. The second-order valence-corrected chi connectivity index (χ2v) is 7.57. The molecule has 1 aromatic rings. The molecule has 3 amide bonds. The Morgan fingerprint density at radius 2 is 1.59 bits per heavy atom. The maximum atomic E-state index is 12.8. The maximum absolute atomic E-state index is 12.8. The molecule has 1 aromatic carbocycles. The SMILES string of the molecule is CC(=O)Nc1cccc(C(=O)N2CCC(C(=O)N3CCCCCC3)CC2)c1. The van der Waals surface area contributed by atoms with E-state index in [1.807, 2.05) is 9.80 Å². The molecule has 2 aliphatic heterocycles. The molecule has 3 rings (SSSR count). The number of nitrogens with one attached hydrogen (secondary N) is 1. The van der Waals surface area contributed by atoms with Gasteiger partial charge in [0.15, 0.2) is 0 Å². The topological polar surface area (TPSA) is 69.7 Å². The van der Waals surface area contributed by atoms with Gasteiger partial charge in [0.2, 0.25) is 11.8 Å². The molecule has 27 heavy (non-hydrogen) atoms. The first kappa shape index (κ1) is 19.4. The van der Waals surface area contributed by atoms with Crippen LogP contribution in [0.5, 0.6) is 0 Å². The largest absolute Gasteiger partial charge is 0.342 e. The number of piperidine rings is 1. The number of benzene rings is 1. The van der Waals surface area contributed by atoms with Crippen molar-refractivity contribution in [2.45, 2.75) is 45.4 Å². The molecule has 0 bridgehead atoms. The van der Waals surface area contributed by atoms with Crippen LogP contribution in [-0.4, -0.2) is 53.7 Å². The van der Waals surface area contributed by atoms with Crippen LogP contribution in [0.1, 0.15) is 55.8 Å². The molecule has 2 saturated heterocycles. The summed E-state index contributed by atoms with van der Waals surface area (Å²) >= 11 is 0. The van der Waals surface area contributed by atoms with Crippen LogP contribution in [0.15, 0.2) is 24.3 Å². The number of hydrogen-bond donors (Lipinski definition) is 1. The van der Waals surface area contributed by atoms with E-state index in [1.165, 1.54) is 19.8 Å². The second-order valence-electron chi connectivity index (χ2n) is 7.57. The van der Waals surface area contributed by atoms with E-state index in [0.717, 1.165) is 38.8 Å². The lowest BCUT2D eigenvalue weighted by molar-refractivity contribution is -0.136. The number of anilines is 1. The first-order chi connectivity index (χ1) is 13.0. The summed E-state index contributed by atoms with van der Waals surface area (Å²) in [6.45, 7) is 4.42. The van der Waals surface area contributed by atoms with E-state index < -0.39 is 0 Å². The summed E-state index contributed by atoms with van der Waals surface area (Å²) < 4.78 is 0. The van der Waals surface area contributed by atoms with E-state index in [0.29, 0.717) is 24.3 Å². The third-order valence-corrected chi connectivity index (χ3v) is 5.48. The van der Waals surface area contributed by atoms with Gasteiger partial charge in [0.1, 0.15) is 0 Å². The number of carbonyl (C=O) groups excluding carboxylic acids is 3. The van der Waals surface area contributed by atoms with E-state index >= 15 is 0 Å². The molecule has 2 heterocycles. The molecule has 0 aromatic heterocycles. The minimum Gasteiger partial charge on any atom is -0.342 e. The van der Waals surface area contributed by atoms with Gasteiger partial charge in [-0.1, -0.05) is 18.9 Å². The number of amides is 3. The molecule has 2 fully saturated rings. The van der Waals surface area contributed by atoms with Crippen molar-refractivity contribution in [1.29, 1.82) is 0 Å². The van der Waals surface area contributed by atoms with Gasteiger partial charge < -0.3 is 15.1 Å². The number of nitrogens with zero attached hydrogens (tertiary/aromatic N) is 2. The highest BCUT2D eigenvalue weighted by Crippen LogP contribution is 2.23. The smallest absolute Gasteiger partial charge is 0.253 e. The van der Waals surface area contributed by atoms with E-state index in [2.05, 4.69) is 5.32 Å². The molecular weight excluding hydrogens is 342 g/mol. The van der Waals surface area contributed by atoms with E-state index in [-0.39, 0.29) is 23.6 Å². The fourth-order valence-electron chi connectivity index (χ4n) is 3.99. The van der Waals surface area contributed by atoms with Crippen LogP contribution < -0.4 is 5.32 Å². The lowest BCUT2D eigenvalue weighted by Gasteiger charge is -2.34. The quantitative estimate of drug-likeness (QED) is 0.888. The molecule has 0 radical (unpaired) electrons. The van der Waals surface area contributed by atoms with Gasteiger partial charge in [-0.25, -0.2) is 0 Å². The molecule has 146 valence electrons. The van der Waals surface area contributed by atoms with Crippen LogP contribution in [0.4, 0.5) is 5.69 Å². The monoisotopic (exact) mass is 371 g/mol. The van der Waals surface area contributed by atoms with Crippen molar-refractivity contribution in [2.24, 2.45) is 5.92 Å². The van der Waals surface area contributed by atoms with Gasteiger partial charge in [0.05, 0.1) is 0 Å². The van der Waals surface area contributed by atoms with E-state index in [1.54, 1.807) is 24.3 Å². The summed E-state index contributed by atoms with van der Waals surface area (Å²) in [6, 6.07) is 7.01. The Morgan fingerprint density at radius 3 is 2.22 bits per heavy atom. The Labute approximate surface area is 160 Å². The zero-order valence-corrected chi connectivity index (χ0v) is 16.1. The van der Waals surface area contributed by atoms with Crippen molar-refractivity contribution in [3.8, 4) is 0 Å². The summed E-state index contributed by atoms with van der Waals surface area (Å²) in [5, 5.41) is 2.71. The van der Waals surface area contributed by atoms with Crippen molar-refractivity contribution < 1.29 is 14.4 Å². The maximum Gasteiger partial charge on any atom is 0.253 e. The average Bonchev–Trinajstić information content (AvgIpc) is 2.96. The van der Waals surface area contributed by atoms with Crippen LogP contribution in [-0.2, 0) is 9.59 Å². The highest BCUT2D eigenvalue weighted by Gasteiger charge is 2.30. The van der Waals surface area contributed by atoms with Gasteiger partial charge in [-0.15, -0.1) is 0 Å². The van der Waals surface area contributed by atoms with Crippen LogP contribution >= 0.6 is 0 Å². The molecule has 0 aliphatic carbocycles. The lowest BCUT2D eigenvalue weighted by Crippen LogP contribution is -2.44. The van der Waals surface area contributed by atoms with Crippen molar-refractivity contribution in [3.63, 3.8) is 0 Å². The molecule has 6 nitrogen and oxygen atoms in total. The highest BCUT2D eigenvalue weighted by atomic mass is 16.2. The lowest BCUT2D eigenvalue weighted by atomic mass is 9.94. The number of carbonyl (C=O) groups is 3. The Balaban J connectivity index is 1.56. The molecule has 1 N–H and O–H groups in total. The minimum atomic E-state index is -0.160. The standard InChI is InChI=1S/C21H29N3O3/c1-16(25)22-19-8-6-7-18(15-19)21(27)24-13-9-17(10-14-24)20(26)23-11-4-2-3-5-12-23/h6-8,15,17H,2-5,9-14H2,1H3,(H,22,25). The van der Waals surface area contributed by atoms with Gasteiger partial charge in [0.25, 0.3) is 5.91 Å². The molecule has 0 unspecified atom stereocenters. The molecule has 0 atom stereocenters. The average molecular weight is 371 g/mol. The van der Waals surface area contributed by atoms with Crippen molar-refractivity contribution in [2.75, 3.05) is 31.5 Å². The summed E-state index contributed by atoms with van der Waals surface area (Å²) in [7, 11) is 0. The van der Waals surface area contributed by atoms with E-state index in [9.17, 15) is 14.4 Å². The van der Waals surface area contributed by atoms with Crippen LogP contribution in [0.25, 0.3) is 0 Å². The molecule has 0 saturated carbocycles. The first-order valence-electron chi connectivity index (χ1n) is 10.0. The third kappa shape index (κ3) is 5.08. The number of hydrogen-bond acceptors (Lipinski definition) is 3. The molecular formula is C21H29N3O3. The summed E-state index contributed by atoms with van der Waals surface area (Å²) in [5.74, 6) is 0.116. The zero-order valence-electron chi connectivity index (χ0n) is 16.1. The summed E-state index contributed by atoms with van der Waals surface area (Å²) in [5.41, 5.74) is 1.19. The Kier molecular flexibility index (Phi) is 6.48. The predicted molar refractivity (Wildman–Crippen MR) is 104 cm³/mol. The van der Waals surface area contributed by atoms with Gasteiger partial charge in [-0.3, -0.25) is 14.4 Å². The predicted octanol–water partition coefficient (Wildman–Crippen LogP) is 2.90. The summed E-state index contributed by atoms with van der Waals surface area (Å²) in [4.78, 5) is 40.6.